The molecule has 7 nitrogen and oxygen atoms in total. The molecule has 4 rings (SSSR count). The second kappa shape index (κ2) is 8.08. The fourth-order valence-electron chi connectivity index (χ4n) is 3.30. The Morgan fingerprint density at radius 1 is 1.29 bits per heavy atom. The molecule has 0 radical (unpaired) electrons. The maximum Gasteiger partial charge on any atom is 0.252 e. The summed E-state index contributed by atoms with van der Waals surface area (Å²) in [7, 11) is 0. The Hall–Kier alpha value is -2.77. The summed E-state index contributed by atoms with van der Waals surface area (Å²) in [5, 5.41) is 8.16. The highest BCUT2D eigenvalue weighted by Crippen LogP contribution is 2.26. The van der Waals surface area contributed by atoms with Crippen LogP contribution in [0, 0.1) is 0 Å². The number of hydrogen-bond donors (Lipinski definition) is 1. The number of carbonyl (C=O) groups is 1. The minimum atomic E-state index is -0.165. The number of ether oxygens (including phenoxy) is 2. The van der Waals surface area contributed by atoms with Gasteiger partial charge in [-0.05, 0) is 19.9 Å². The summed E-state index contributed by atoms with van der Waals surface area (Å²) in [5.74, 6) is -0.165. The smallest absolute Gasteiger partial charge is 0.252 e. The second-order valence-electron chi connectivity index (χ2n) is 7.12. The van der Waals surface area contributed by atoms with Gasteiger partial charge in [0.15, 0.2) is 5.65 Å². The van der Waals surface area contributed by atoms with E-state index in [-0.39, 0.29) is 18.1 Å². The molecule has 1 saturated heterocycles. The van der Waals surface area contributed by atoms with Gasteiger partial charge in [0.05, 0.1) is 48.8 Å². The lowest BCUT2D eigenvalue weighted by molar-refractivity contribution is -0.0855. The zero-order chi connectivity index (χ0) is 19.5. The molecule has 0 aliphatic carbocycles. The maximum atomic E-state index is 13.0. The molecule has 3 heterocycles. The average molecular weight is 380 g/mol. The van der Waals surface area contributed by atoms with Crippen molar-refractivity contribution in [3.8, 4) is 11.3 Å². The molecule has 1 aliphatic rings. The van der Waals surface area contributed by atoms with Gasteiger partial charge in [-0.1, -0.05) is 30.3 Å². The van der Waals surface area contributed by atoms with Crippen molar-refractivity contribution in [2.45, 2.75) is 26.0 Å². The first-order valence-corrected chi connectivity index (χ1v) is 9.54. The largest absolute Gasteiger partial charge is 0.376 e. The number of hydrogen-bond acceptors (Lipinski definition) is 5. The Bertz CT molecular complexity index is 962. The SMILES string of the molecule is CC(C)n1ncc2c(C(=O)NCC3COCCO3)cc(-c3ccccc3)nc21. The number of benzene rings is 1. The molecule has 1 amide bonds. The lowest BCUT2D eigenvalue weighted by Gasteiger charge is -2.23. The zero-order valence-corrected chi connectivity index (χ0v) is 16.1. The summed E-state index contributed by atoms with van der Waals surface area (Å²) < 4.78 is 12.9. The van der Waals surface area contributed by atoms with Crippen LogP contribution in [0.5, 0.6) is 0 Å². The van der Waals surface area contributed by atoms with E-state index >= 15 is 0 Å². The number of amides is 1. The van der Waals surface area contributed by atoms with Gasteiger partial charge in [-0.25, -0.2) is 9.67 Å². The molecule has 1 aromatic carbocycles. The van der Waals surface area contributed by atoms with Gasteiger partial charge in [-0.2, -0.15) is 5.10 Å². The van der Waals surface area contributed by atoms with Crippen molar-refractivity contribution in [1.82, 2.24) is 20.1 Å². The van der Waals surface area contributed by atoms with E-state index in [9.17, 15) is 4.79 Å². The standard InChI is InChI=1S/C21H24N4O3/c1-14(2)25-20-18(12-23-25)17(10-19(24-20)15-6-4-3-5-7-15)21(26)22-11-16-13-27-8-9-28-16/h3-7,10,12,14,16H,8-9,11,13H2,1-2H3,(H,22,26). The molecular weight excluding hydrogens is 356 g/mol. The van der Waals surface area contributed by atoms with E-state index in [0.29, 0.717) is 37.6 Å². The van der Waals surface area contributed by atoms with E-state index in [1.54, 1.807) is 6.20 Å². The lowest BCUT2D eigenvalue weighted by atomic mass is 10.1. The minimum absolute atomic E-state index is 0.123. The summed E-state index contributed by atoms with van der Waals surface area (Å²) in [6.07, 6.45) is 1.59. The molecule has 1 N–H and O–H groups in total. The van der Waals surface area contributed by atoms with Crippen LogP contribution in [0.3, 0.4) is 0 Å². The first-order chi connectivity index (χ1) is 13.6. The first-order valence-electron chi connectivity index (χ1n) is 9.54. The van der Waals surface area contributed by atoms with E-state index in [1.807, 2.05) is 54.9 Å². The number of nitrogens with zero attached hydrogens (tertiary/aromatic N) is 3. The lowest BCUT2D eigenvalue weighted by Crippen LogP contribution is -2.39. The van der Waals surface area contributed by atoms with E-state index < -0.39 is 0 Å². The van der Waals surface area contributed by atoms with Gasteiger partial charge in [0, 0.05) is 18.2 Å². The molecule has 28 heavy (non-hydrogen) atoms. The van der Waals surface area contributed by atoms with Gasteiger partial charge < -0.3 is 14.8 Å². The molecule has 1 unspecified atom stereocenters. The summed E-state index contributed by atoms with van der Waals surface area (Å²) in [4.78, 5) is 17.8. The van der Waals surface area contributed by atoms with Crippen LogP contribution in [0.15, 0.2) is 42.6 Å². The van der Waals surface area contributed by atoms with Crippen molar-refractivity contribution in [3.63, 3.8) is 0 Å². The van der Waals surface area contributed by atoms with Crippen LogP contribution < -0.4 is 5.32 Å². The van der Waals surface area contributed by atoms with Crippen LogP contribution in [-0.4, -0.2) is 53.1 Å². The van der Waals surface area contributed by atoms with Crippen LogP contribution in [0.25, 0.3) is 22.3 Å². The molecule has 1 aliphatic heterocycles. The fraction of sp³-hybridized carbons (Fsp3) is 0.381. The van der Waals surface area contributed by atoms with Gasteiger partial charge in [0.1, 0.15) is 0 Å². The molecule has 2 aromatic heterocycles. The third-order valence-electron chi connectivity index (χ3n) is 4.75. The third-order valence-corrected chi connectivity index (χ3v) is 4.75. The third kappa shape index (κ3) is 3.76. The van der Waals surface area contributed by atoms with Gasteiger partial charge in [-0.3, -0.25) is 4.79 Å². The normalized spacial score (nSPS) is 17.2. The van der Waals surface area contributed by atoms with Crippen molar-refractivity contribution >= 4 is 16.9 Å². The first kappa shape index (κ1) is 18.6. The summed E-state index contributed by atoms with van der Waals surface area (Å²) in [6, 6.07) is 11.8. The summed E-state index contributed by atoms with van der Waals surface area (Å²) in [5.41, 5.74) is 2.98. The monoisotopic (exact) mass is 380 g/mol. The molecule has 1 atom stereocenters. The van der Waals surface area contributed by atoms with Crippen molar-refractivity contribution in [1.29, 1.82) is 0 Å². The van der Waals surface area contributed by atoms with Crippen molar-refractivity contribution in [2.24, 2.45) is 0 Å². The highest BCUT2D eigenvalue weighted by atomic mass is 16.6. The zero-order valence-electron chi connectivity index (χ0n) is 16.1. The maximum absolute atomic E-state index is 13.0. The van der Waals surface area contributed by atoms with E-state index in [2.05, 4.69) is 10.4 Å². The van der Waals surface area contributed by atoms with Crippen LogP contribution in [0.1, 0.15) is 30.2 Å². The van der Waals surface area contributed by atoms with E-state index in [0.717, 1.165) is 16.6 Å². The fourth-order valence-corrected chi connectivity index (χ4v) is 3.30. The quantitative estimate of drug-likeness (QED) is 0.736. The molecule has 146 valence electrons. The number of aromatic nitrogens is 3. The topological polar surface area (TPSA) is 78.3 Å². The predicted octanol–water partition coefficient (Wildman–Crippen LogP) is 2.82. The van der Waals surface area contributed by atoms with Crippen LogP contribution >= 0.6 is 0 Å². The molecule has 3 aromatic rings. The molecule has 0 spiro atoms. The van der Waals surface area contributed by atoms with Crippen molar-refractivity contribution < 1.29 is 14.3 Å². The van der Waals surface area contributed by atoms with Gasteiger partial charge >= 0.3 is 0 Å². The number of fused-ring (bicyclic) bond motifs is 1. The number of pyridine rings is 1. The minimum Gasteiger partial charge on any atom is -0.376 e. The Kier molecular flexibility index (Phi) is 5.36. The second-order valence-corrected chi connectivity index (χ2v) is 7.12. The Morgan fingerprint density at radius 2 is 2.11 bits per heavy atom. The average Bonchev–Trinajstić information content (AvgIpc) is 3.17. The van der Waals surface area contributed by atoms with Gasteiger partial charge in [0.2, 0.25) is 0 Å². The molecule has 7 heteroatoms. The summed E-state index contributed by atoms with van der Waals surface area (Å²) >= 11 is 0. The highest BCUT2D eigenvalue weighted by Gasteiger charge is 2.20. The highest BCUT2D eigenvalue weighted by molar-refractivity contribution is 6.06. The predicted molar refractivity (Wildman–Crippen MR) is 106 cm³/mol. The Labute approximate surface area is 163 Å². The molecular formula is C21H24N4O3. The number of rotatable bonds is 5. The van der Waals surface area contributed by atoms with Gasteiger partial charge in [-0.15, -0.1) is 0 Å². The summed E-state index contributed by atoms with van der Waals surface area (Å²) in [6.45, 7) is 6.14. The van der Waals surface area contributed by atoms with Gasteiger partial charge in [0.25, 0.3) is 5.91 Å². The van der Waals surface area contributed by atoms with Crippen molar-refractivity contribution in [2.75, 3.05) is 26.4 Å². The Morgan fingerprint density at radius 3 is 2.82 bits per heavy atom. The molecule has 0 saturated carbocycles. The van der Waals surface area contributed by atoms with Crippen LogP contribution in [0.4, 0.5) is 0 Å². The number of carbonyl (C=O) groups excluding carboxylic acids is 1. The van der Waals surface area contributed by atoms with E-state index in [1.165, 1.54) is 0 Å². The van der Waals surface area contributed by atoms with Crippen molar-refractivity contribution in [3.05, 3.63) is 48.2 Å². The number of nitrogens with one attached hydrogen (secondary N) is 1. The molecule has 0 bridgehead atoms. The molecule has 1 fully saturated rings. The Balaban J connectivity index is 1.70. The van der Waals surface area contributed by atoms with Crippen LogP contribution in [0.2, 0.25) is 0 Å². The van der Waals surface area contributed by atoms with Crippen LogP contribution in [-0.2, 0) is 9.47 Å². The van der Waals surface area contributed by atoms with E-state index in [4.69, 9.17) is 14.5 Å².